The first kappa shape index (κ1) is 43.9. The molecule has 4 aromatic heterocycles. The Morgan fingerprint density at radius 2 is 1.08 bits per heavy atom. The Kier molecular flexibility index (Phi) is 12.7. The molecule has 10 N–H and O–H groups in total. The van der Waals surface area contributed by atoms with Crippen molar-refractivity contribution in [2.75, 3.05) is 85.2 Å². The van der Waals surface area contributed by atoms with Gasteiger partial charge in [0.05, 0.1) is 11.4 Å². The smallest absolute Gasteiger partial charge is 0.413 e. The molecule has 20 heteroatoms. The summed E-state index contributed by atoms with van der Waals surface area (Å²) in [4.78, 5) is 41.7. The van der Waals surface area contributed by atoms with Crippen molar-refractivity contribution in [3.05, 3.63) is 71.8 Å². The molecular formula is C46H50F2N12O6. The number of rotatable bonds is 6. The van der Waals surface area contributed by atoms with Crippen LogP contribution in [0.4, 0.5) is 52.8 Å². The van der Waals surface area contributed by atoms with Gasteiger partial charge in [-0.25, -0.2) is 38.3 Å². The average molecular weight is 905 g/mol. The summed E-state index contributed by atoms with van der Waals surface area (Å²) in [5.74, 6) is 0.497. The predicted molar refractivity (Wildman–Crippen MR) is 248 cm³/mol. The number of fused-ring (bicyclic) bond motifs is 4. The molecular weight excluding hydrogens is 855 g/mol. The quantitative estimate of drug-likeness (QED) is 0.0795. The fourth-order valence-corrected chi connectivity index (χ4v) is 8.52. The molecule has 4 aliphatic heterocycles. The topological polar surface area (TPSA) is 247 Å². The van der Waals surface area contributed by atoms with Gasteiger partial charge in [0.15, 0.2) is 11.6 Å². The number of carbonyl (C=O) groups is 2. The summed E-state index contributed by atoms with van der Waals surface area (Å²) in [5, 5.41) is 20.4. The molecule has 2 atom stereocenters. The lowest BCUT2D eigenvalue weighted by molar-refractivity contribution is 0.0934. The van der Waals surface area contributed by atoms with Crippen LogP contribution in [0.3, 0.4) is 0 Å². The van der Waals surface area contributed by atoms with Crippen molar-refractivity contribution < 1.29 is 37.3 Å². The number of nitrogens with two attached hydrogens (primary N) is 2. The van der Waals surface area contributed by atoms with Crippen molar-refractivity contribution >= 4 is 68.1 Å². The van der Waals surface area contributed by atoms with Gasteiger partial charge in [-0.15, -0.1) is 0 Å². The van der Waals surface area contributed by atoms with E-state index in [2.05, 4.69) is 51.8 Å². The van der Waals surface area contributed by atoms with Crippen LogP contribution in [-0.4, -0.2) is 96.8 Å². The van der Waals surface area contributed by atoms with Gasteiger partial charge in [0, 0.05) is 84.0 Å². The van der Waals surface area contributed by atoms with Gasteiger partial charge >= 0.3 is 12.2 Å². The standard InChI is InChI=1S/2C23H25FN6O3/c2*1-12-16(10-29-22-21(12)27-5-6-32-22)15-7-13-8-18(28-11-17(13)20(25)19(15)24)30-23(31)33-14-3-2-4-26-9-14/h2*7-8,10-11,14,26-27H,2-6,9,25H2,1H3,(H,28,30,31)/t2*14-/m10/s1. The van der Waals surface area contributed by atoms with E-state index in [1.807, 2.05) is 13.8 Å². The maximum atomic E-state index is 15.3. The molecule has 2 saturated heterocycles. The molecule has 2 fully saturated rings. The molecule has 0 aliphatic carbocycles. The number of halogens is 2. The fraction of sp³-hybridized carbons (Fsp3) is 0.348. The Hall–Kier alpha value is -7.32. The number of nitrogen functional groups attached to an aromatic ring is 2. The molecule has 0 radical (unpaired) electrons. The number of nitrogens with zero attached hydrogens (tertiary/aromatic N) is 4. The molecule has 344 valence electrons. The maximum Gasteiger partial charge on any atom is 0.413 e. The van der Waals surface area contributed by atoms with E-state index in [0.717, 1.165) is 61.3 Å². The van der Waals surface area contributed by atoms with Crippen molar-refractivity contribution in [1.82, 2.24) is 30.6 Å². The van der Waals surface area contributed by atoms with Gasteiger partial charge in [0.2, 0.25) is 11.8 Å². The molecule has 0 unspecified atom stereocenters. The first-order valence-corrected chi connectivity index (χ1v) is 21.9. The normalized spacial score (nSPS) is 17.6. The number of benzene rings is 2. The lowest BCUT2D eigenvalue weighted by Crippen LogP contribution is -2.37. The Labute approximate surface area is 377 Å². The second-order valence-electron chi connectivity index (χ2n) is 16.4. The van der Waals surface area contributed by atoms with Crippen LogP contribution in [0, 0.1) is 25.5 Å². The van der Waals surface area contributed by atoms with E-state index in [-0.39, 0.29) is 23.6 Å². The zero-order valence-corrected chi connectivity index (χ0v) is 36.4. The first-order chi connectivity index (χ1) is 32.0. The Bertz CT molecular complexity index is 2650. The molecule has 0 saturated carbocycles. The maximum absolute atomic E-state index is 15.3. The average Bonchev–Trinajstić information content (AvgIpc) is 3.33. The van der Waals surface area contributed by atoms with Crippen molar-refractivity contribution in [2.24, 2.45) is 0 Å². The zero-order chi connectivity index (χ0) is 45.9. The van der Waals surface area contributed by atoms with E-state index in [1.165, 1.54) is 12.4 Å². The highest BCUT2D eigenvalue weighted by atomic mass is 19.1. The second kappa shape index (κ2) is 19.0. The number of amides is 2. The third kappa shape index (κ3) is 9.14. The third-order valence-corrected chi connectivity index (χ3v) is 12.0. The van der Waals surface area contributed by atoms with Crippen LogP contribution < -0.4 is 52.8 Å². The number of carbonyl (C=O) groups excluding carboxylic acids is 2. The van der Waals surface area contributed by atoms with Crippen LogP contribution in [0.2, 0.25) is 0 Å². The highest BCUT2D eigenvalue weighted by molar-refractivity contribution is 6.01. The number of ether oxygens (including phenoxy) is 4. The first-order valence-electron chi connectivity index (χ1n) is 21.9. The zero-order valence-electron chi connectivity index (χ0n) is 36.4. The summed E-state index contributed by atoms with van der Waals surface area (Å²) in [5.41, 5.74) is 17.2. The second-order valence-corrected chi connectivity index (χ2v) is 16.4. The van der Waals surface area contributed by atoms with Gasteiger partial charge in [0.1, 0.15) is 48.4 Å². The Balaban J connectivity index is 0.000000166. The molecule has 0 bridgehead atoms. The fourth-order valence-electron chi connectivity index (χ4n) is 8.52. The number of pyridine rings is 4. The summed E-state index contributed by atoms with van der Waals surface area (Å²) in [6.45, 7) is 9.23. The van der Waals surface area contributed by atoms with E-state index >= 15 is 8.78 Å². The lowest BCUT2D eigenvalue weighted by Gasteiger charge is -2.23. The molecule has 4 aliphatic rings. The highest BCUT2D eigenvalue weighted by Gasteiger charge is 2.25. The minimum Gasteiger partial charge on any atom is -0.474 e. The molecule has 66 heavy (non-hydrogen) atoms. The lowest BCUT2D eigenvalue weighted by atomic mass is 9.97. The van der Waals surface area contributed by atoms with Crippen LogP contribution in [0.25, 0.3) is 43.8 Å². The van der Waals surface area contributed by atoms with Gasteiger partial charge in [0.25, 0.3) is 0 Å². The summed E-state index contributed by atoms with van der Waals surface area (Å²) in [7, 11) is 0. The van der Waals surface area contributed by atoms with Gasteiger partial charge in [-0.2, -0.15) is 0 Å². The van der Waals surface area contributed by atoms with Crippen LogP contribution in [0.15, 0.2) is 49.1 Å². The van der Waals surface area contributed by atoms with Crippen molar-refractivity contribution in [3.8, 4) is 34.0 Å². The molecule has 2 amide bonds. The van der Waals surface area contributed by atoms with Crippen LogP contribution in [0.1, 0.15) is 36.8 Å². The Morgan fingerprint density at radius 1 is 0.636 bits per heavy atom. The van der Waals surface area contributed by atoms with E-state index in [0.29, 0.717) is 107 Å². The van der Waals surface area contributed by atoms with E-state index in [4.69, 9.17) is 30.4 Å². The number of anilines is 6. The van der Waals surface area contributed by atoms with Crippen molar-refractivity contribution in [3.63, 3.8) is 0 Å². The number of hydrogen-bond donors (Lipinski definition) is 8. The molecule has 2 aromatic carbocycles. The third-order valence-electron chi connectivity index (χ3n) is 12.0. The van der Waals surface area contributed by atoms with Gasteiger partial charge < -0.3 is 51.7 Å². The summed E-state index contributed by atoms with van der Waals surface area (Å²) in [6, 6.07) is 6.67. The minimum atomic E-state index is -0.577. The van der Waals surface area contributed by atoms with Gasteiger partial charge in [-0.3, -0.25) is 10.6 Å². The molecule has 18 nitrogen and oxygen atoms in total. The minimum absolute atomic E-state index is 0.0151. The van der Waals surface area contributed by atoms with E-state index < -0.39 is 23.8 Å². The van der Waals surface area contributed by atoms with Crippen molar-refractivity contribution in [1.29, 1.82) is 0 Å². The van der Waals surface area contributed by atoms with E-state index in [1.54, 1.807) is 36.7 Å². The molecule has 10 rings (SSSR count). The molecule has 8 heterocycles. The van der Waals surface area contributed by atoms with Crippen LogP contribution >= 0.6 is 0 Å². The van der Waals surface area contributed by atoms with Gasteiger partial charge in [-0.05, 0) is 98.8 Å². The summed E-state index contributed by atoms with van der Waals surface area (Å²) in [6.07, 6.45) is 8.11. The van der Waals surface area contributed by atoms with Gasteiger partial charge in [-0.1, -0.05) is 0 Å². The predicted octanol–water partition coefficient (Wildman–Crippen LogP) is 6.86. The SMILES string of the molecule is Cc1c(-c2cc3cc(NC(=O)O[C@@H]4CCCNC4)ncc3c(N)c2F)cnc2c1NCCO2.Cc1c(-c2cc3cc(NC(=O)O[C@H]4CCCNC4)ncc3c(N)c2F)cnc2c1NCCO2. The van der Waals surface area contributed by atoms with Crippen LogP contribution in [-0.2, 0) is 9.47 Å². The van der Waals surface area contributed by atoms with E-state index in [9.17, 15) is 9.59 Å². The number of hydrogen-bond acceptors (Lipinski definition) is 16. The van der Waals surface area contributed by atoms with Crippen molar-refractivity contribution in [2.45, 2.75) is 51.7 Å². The molecule has 6 aromatic rings. The summed E-state index contributed by atoms with van der Waals surface area (Å²) < 4.78 is 52.6. The summed E-state index contributed by atoms with van der Waals surface area (Å²) >= 11 is 0. The number of piperidine rings is 2. The highest BCUT2D eigenvalue weighted by Crippen LogP contribution is 2.41. The number of aromatic nitrogens is 4. The monoisotopic (exact) mass is 904 g/mol. The largest absolute Gasteiger partial charge is 0.474 e. The van der Waals surface area contributed by atoms with Crippen LogP contribution in [0.5, 0.6) is 11.8 Å². The Morgan fingerprint density at radius 3 is 1.48 bits per heavy atom. The molecule has 0 spiro atoms. The number of nitrogens with one attached hydrogen (secondary N) is 6.